The van der Waals surface area contributed by atoms with Crippen LogP contribution in [0.25, 0.3) is 0 Å². The van der Waals surface area contributed by atoms with Crippen molar-refractivity contribution in [2.24, 2.45) is 5.84 Å². The number of hydrogen-bond donors (Lipinski definition) is 2. The third-order valence-electron chi connectivity index (χ3n) is 2.50. The van der Waals surface area contributed by atoms with E-state index >= 15 is 0 Å². The molecule has 2 rings (SSSR count). The molecule has 0 aromatic carbocycles. The molecule has 1 fully saturated rings. The fourth-order valence-corrected chi connectivity index (χ4v) is 1.74. The zero-order chi connectivity index (χ0) is 10.7. The van der Waals surface area contributed by atoms with Crippen LogP contribution in [0, 0.1) is 0 Å². The Bertz CT molecular complexity index is 344. The van der Waals surface area contributed by atoms with Crippen molar-refractivity contribution < 1.29 is 9.53 Å². The van der Waals surface area contributed by atoms with Crippen molar-refractivity contribution in [3.8, 4) is 0 Å². The molecule has 82 valence electrons. The Balaban J connectivity index is 2.07. The van der Waals surface area contributed by atoms with Gasteiger partial charge in [0.05, 0.1) is 25.2 Å². The SMILES string of the molecule is NNC(=O)c1cncn1CC1CCCO1. The molecule has 3 N–H and O–H groups in total. The Hall–Kier alpha value is -1.40. The van der Waals surface area contributed by atoms with E-state index in [2.05, 4.69) is 10.4 Å². The third kappa shape index (κ3) is 2.16. The molecule has 15 heavy (non-hydrogen) atoms. The highest BCUT2D eigenvalue weighted by molar-refractivity contribution is 5.91. The highest BCUT2D eigenvalue weighted by atomic mass is 16.5. The van der Waals surface area contributed by atoms with Crippen LogP contribution in [0.1, 0.15) is 23.3 Å². The van der Waals surface area contributed by atoms with Crippen LogP contribution in [0.2, 0.25) is 0 Å². The van der Waals surface area contributed by atoms with Gasteiger partial charge in [0.1, 0.15) is 5.69 Å². The van der Waals surface area contributed by atoms with Crippen LogP contribution < -0.4 is 11.3 Å². The van der Waals surface area contributed by atoms with Crippen molar-refractivity contribution >= 4 is 5.91 Å². The van der Waals surface area contributed by atoms with Gasteiger partial charge in [0.25, 0.3) is 5.91 Å². The van der Waals surface area contributed by atoms with Gasteiger partial charge in [0.15, 0.2) is 0 Å². The monoisotopic (exact) mass is 210 g/mol. The summed E-state index contributed by atoms with van der Waals surface area (Å²) >= 11 is 0. The molecule has 1 amide bonds. The molecule has 6 nitrogen and oxygen atoms in total. The molecule has 1 aliphatic heterocycles. The van der Waals surface area contributed by atoms with E-state index in [1.165, 1.54) is 6.20 Å². The summed E-state index contributed by atoms with van der Waals surface area (Å²) in [7, 11) is 0. The van der Waals surface area contributed by atoms with Crippen LogP contribution >= 0.6 is 0 Å². The van der Waals surface area contributed by atoms with E-state index in [0.29, 0.717) is 12.2 Å². The number of nitrogens with two attached hydrogens (primary N) is 1. The van der Waals surface area contributed by atoms with Crippen LogP contribution in [0.5, 0.6) is 0 Å². The summed E-state index contributed by atoms with van der Waals surface area (Å²) in [6.07, 6.45) is 5.41. The molecule has 1 saturated heterocycles. The van der Waals surface area contributed by atoms with E-state index < -0.39 is 0 Å². The van der Waals surface area contributed by atoms with E-state index in [1.807, 2.05) is 0 Å². The maximum atomic E-state index is 11.3. The summed E-state index contributed by atoms with van der Waals surface area (Å²) in [4.78, 5) is 15.3. The van der Waals surface area contributed by atoms with Gasteiger partial charge in [-0.05, 0) is 12.8 Å². The number of hydrazine groups is 1. The van der Waals surface area contributed by atoms with Crippen molar-refractivity contribution in [1.82, 2.24) is 15.0 Å². The van der Waals surface area contributed by atoms with E-state index in [0.717, 1.165) is 19.4 Å². The Kier molecular flexibility index (Phi) is 2.98. The van der Waals surface area contributed by atoms with Gasteiger partial charge in [-0.1, -0.05) is 0 Å². The van der Waals surface area contributed by atoms with Gasteiger partial charge in [-0.2, -0.15) is 0 Å². The number of carbonyl (C=O) groups excluding carboxylic acids is 1. The molecule has 0 radical (unpaired) electrons. The first-order valence-corrected chi connectivity index (χ1v) is 4.94. The second-order valence-electron chi connectivity index (χ2n) is 3.54. The number of hydrogen-bond acceptors (Lipinski definition) is 4. The largest absolute Gasteiger partial charge is 0.376 e. The van der Waals surface area contributed by atoms with Gasteiger partial charge >= 0.3 is 0 Å². The van der Waals surface area contributed by atoms with Gasteiger partial charge in [0, 0.05) is 6.61 Å². The molecule has 1 aliphatic rings. The van der Waals surface area contributed by atoms with Crippen LogP contribution in [-0.2, 0) is 11.3 Å². The second kappa shape index (κ2) is 4.41. The first kappa shape index (κ1) is 10.1. The molecule has 1 aromatic rings. The first-order chi connectivity index (χ1) is 7.31. The maximum Gasteiger partial charge on any atom is 0.283 e. The fraction of sp³-hybridized carbons (Fsp3) is 0.556. The first-order valence-electron chi connectivity index (χ1n) is 4.94. The number of imidazole rings is 1. The number of ether oxygens (including phenoxy) is 1. The highest BCUT2D eigenvalue weighted by Crippen LogP contribution is 2.14. The smallest absolute Gasteiger partial charge is 0.283 e. The number of amides is 1. The Morgan fingerprint density at radius 1 is 1.80 bits per heavy atom. The fourth-order valence-electron chi connectivity index (χ4n) is 1.74. The van der Waals surface area contributed by atoms with E-state index in [9.17, 15) is 4.79 Å². The van der Waals surface area contributed by atoms with Crippen molar-refractivity contribution in [3.63, 3.8) is 0 Å². The summed E-state index contributed by atoms with van der Waals surface area (Å²) in [6, 6.07) is 0. The lowest BCUT2D eigenvalue weighted by Gasteiger charge is -2.12. The van der Waals surface area contributed by atoms with Crippen molar-refractivity contribution in [2.75, 3.05) is 6.61 Å². The van der Waals surface area contributed by atoms with Crippen molar-refractivity contribution in [3.05, 3.63) is 18.2 Å². The Labute approximate surface area is 87.4 Å². The third-order valence-corrected chi connectivity index (χ3v) is 2.50. The van der Waals surface area contributed by atoms with Crippen LogP contribution in [0.4, 0.5) is 0 Å². The number of rotatable bonds is 3. The highest BCUT2D eigenvalue weighted by Gasteiger charge is 2.18. The standard InChI is InChI=1S/C9H14N4O2/c10-12-9(14)8-4-11-6-13(8)5-7-2-1-3-15-7/h4,6-7H,1-3,5,10H2,(H,12,14). The molecular formula is C9H14N4O2. The van der Waals surface area contributed by atoms with Crippen LogP contribution in [0.3, 0.4) is 0 Å². The summed E-state index contributed by atoms with van der Waals surface area (Å²) in [5, 5.41) is 0. The quantitative estimate of drug-likeness (QED) is 0.406. The second-order valence-corrected chi connectivity index (χ2v) is 3.54. The Morgan fingerprint density at radius 2 is 2.67 bits per heavy atom. The molecule has 0 spiro atoms. The molecule has 2 heterocycles. The average molecular weight is 210 g/mol. The van der Waals surface area contributed by atoms with Gasteiger partial charge in [-0.25, -0.2) is 10.8 Å². The van der Waals surface area contributed by atoms with Gasteiger partial charge in [-0.15, -0.1) is 0 Å². The summed E-state index contributed by atoms with van der Waals surface area (Å²) in [6.45, 7) is 1.46. The van der Waals surface area contributed by atoms with Crippen molar-refractivity contribution in [2.45, 2.75) is 25.5 Å². The number of carbonyl (C=O) groups is 1. The Morgan fingerprint density at radius 3 is 3.33 bits per heavy atom. The van der Waals surface area contributed by atoms with Gasteiger partial charge in [-0.3, -0.25) is 10.2 Å². The maximum absolute atomic E-state index is 11.3. The summed E-state index contributed by atoms with van der Waals surface area (Å²) in [5.41, 5.74) is 2.56. The minimum absolute atomic E-state index is 0.184. The van der Waals surface area contributed by atoms with Gasteiger partial charge < -0.3 is 9.30 Å². The van der Waals surface area contributed by atoms with Crippen molar-refractivity contribution in [1.29, 1.82) is 0 Å². The lowest BCUT2D eigenvalue weighted by molar-refractivity contribution is 0.0896. The number of nitrogen functional groups attached to an aromatic ring is 1. The van der Waals surface area contributed by atoms with Gasteiger partial charge in [0.2, 0.25) is 0 Å². The van der Waals surface area contributed by atoms with Crippen LogP contribution in [0.15, 0.2) is 12.5 Å². The molecule has 0 saturated carbocycles. The lowest BCUT2D eigenvalue weighted by atomic mass is 10.2. The molecule has 6 heteroatoms. The molecule has 1 unspecified atom stereocenters. The average Bonchev–Trinajstić information content (AvgIpc) is 2.88. The van der Waals surface area contributed by atoms with E-state index in [-0.39, 0.29) is 12.0 Å². The van der Waals surface area contributed by atoms with E-state index in [1.54, 1.807) is 10.9 Å². The zero-order valence-electron chi connectivity index (χ0n) is 8.35. The summed E-state index contributed by atoms with van der Waals surface area (Å²) in [5.74, 6) is 4.74. The minimum Gasteiger partial charge on any atom is -0.376 e. The molecule has 0 aliphatic carbocycles. The minimum atomic E-state index is -0.328. The number of nitrogens with one attached hydrogen (secondary N) is 1. The summed E-state index contributed by atoms with van der Waals surface area (Å²) < 4.78 is 7.25. The lowest BCUT2D eigenvalue weighted by Crippen LogP contribution is -2.32. The molecule has 1 aromatic heterocycles. The van der Waals surface area contributed by atoms with Crippen LogP contribution in [-0.4, -0.2) is 28.2 Å². The predicted octanol–water partition coefficient (Wildman–Crippen LogP) is -0.334. The zero-order valence-corrected chi connectivity index (χ0v) is 8.35. The predicted molar refractivity (Wildman–Crippen MR) is 52.9 cm³/mol. The van der Waals surface area contributed by atoms with E-state index in [4.69, 9.17) is 10.6 Å². The molecule has 1 atom stereocenters. The number of nitrogens with zero attached hydrogens (tertiary/aromatic N) is 2. The topological polar surface area (TPSA) is 82.2 Å². The number of aromatic nitrogens is 2. The molecular weight excluding hydrogens is 196 g/mol. The molecule has 0 bridgehead atoms. The normalized spacial score (nSPS) is 20.5.